The summed E-state index contributed by atoms with van der Waals surface area (Å²) in [6.07, 6.45) is 1.61. The maximum Gasteiger partial charge on any atom is 0.271 e. The minimum absolute atomic E-state index is 0.154. The van der Waals surface area contributed by atoms with Crippen LogP contribution in [0.4, 0.5) is 11.4 Å². The molecule has 0 heterocycles. The third-order valence-electron chi connectivity index (χ3n) is 3.87. The van der Waals surface area contributed by atoms with E-state index in [4.69, 9.17) is 0 Å². The second-order valence-electron chi connectivity index (χ2n) is 5.72. The van der Waals surface area contributed by atoms with E-state index in [1.54, 1.807) is 30.5 Å². The van der Waals surface area contributed by atoms with Gasteiger partial charge in [0.25, 0.3) is 5.91 Å². The van der Waals surface area contributed by atoms with Crippen molar-refractivity contribution in [2.24, 2.45) is 5.10 Å². The van der Waals surface area contributed by atoms with Crippen LogP contribution in [-0.2, 0) is 4.79 Å². The van der Waals surface area contributed by atoms with Crippen molar-refractivity contribution >= 4 is 29.4 Å². The van der Waals surface area contributed by atoms with Gasteiger partial charge >= 0.3 is 0 Å². The SMILES string of the molecule is CCN(CC)c1ccc(C=NNC(=O)c2ccc(NC(C)=O)cc2)cc1. The van der Waals surface area contributed by atoms with E-state index >= 15 is 0 Å². The first-order valence-electron chi connectivity index (χ1n) is 8.59. The Morgan fingerprint density at radius 3 is 2.15 bits per heavy atom. The molecule has 6 heteroatoms. The van der Waals surface area contributed by atoms with Crippen molar-refractivity contribution in [1.82, 2.24) is 5.43 Å². The first-order chi connectivity index (χ1) is 12.5. The highest BCUT2D eigenvalue weighted by atomic mass is 16.2. The summed E-state index contributed by atoms with van der Waals surface area (Å²) in [6.45, 7) is 7.60. The van der Waals surface area contributed by atoms with Crippen molar-refractivity contribution in [1.29, 1.82) is 0 Å². The maximum absolute atomic E-state index is 12.1. The van der Waals surface area contributed by atoms with Gasteiger partial charge in [-0.05, 0) is 55.8 Å². The van der Waals surface area contributed by atoms with Gasteiger partial charge in [-0.25, -0.2) is 5.43 Å². The molecule has 2 N–H and O–H groups in total. The molecule has 0 spiro atoms. The molecule has 2 aromatic rings. The van der Waals surface area contributed by atoms with Gasteiger partial charge in [-0.3, -0.25) is 9.59 Å². The van der Waals surface area contributed by atoms with Crippen LogP contribution >= 0.6 is 0 Å². The summed E-state index contributed by atoms with van der Waals surface area (Å²) in [7, 11) is 0. The number of nitrogens with one attached hydrogen (secondary N) is 2. The number of nitrogens with zero attached hydrogens (tertiary/aromatic N) is 2. The van der Waals surface area contributed by atoms with Crippen LogP contribution in [0.1, 0.15) is 36.7 Å². The molecule has 6 nitrogen and oxygen atoms in total. The molecule has 0 radical (unpaired) electrons. The predicted molar refractivity (Wildman–Crippen MR) is 106 cm³/mol. The molecule has 0 saturated heterocycles. The van der Waals surface area contributed by atoms with E-state index in [0.29, 0.717) is 11.3 Å². The molecule has 2 aromatic carbocycles. The largest absolute Gasteiger partial charge is 0.372 e. The Hall–Kier alpha value is -3.15. The van der Waals surface area contributed by atoms with Gasteiger partial charge in [0.05, 0.1) is 6.21 Å². The summed E-state index contributed by atoms with van der Waals surface area (Å²) in [4.78, 5) is 25.3. The molecule has 26 heavy (non-hydrogen) atoms. The van der Waals surface area contributed by atoms with Crippen LogP contribution < -0.4 is 15.6 Å². The smallest absolute Gasteiger partial charge is 0.271 e. The van der Waals surface area contributed by atoms with Crippen LogP contribution in [0.5, 0.6) is 0 Å². The molecule has 2 rings (SSSR count). The van der Waals surface area contributed by atoms with Crippen LogP contribution in [-0.4, -0.2) is 31.1 Å². The van der Waals surface area contributed by atoms with Crippen LogP contribution in [0.25, 0.3) is 0 Å². The van der Waals surface area contributed by atoms with Crippen molar-refractivity contribution in [3.8, 4) is 0 Å². The molecule has 0 unspecified atom stereocenters. The van der Waals surface area contributed by atoms with Crippen LogP contribution in [0.2, 0.25) is 0 Å². The lowest BCUT2D eigenvalue weighted by Gasteiger charge is -2.20. The molecule has 0 fully saturated rings. The lowest BCUT2D eigenvalue weighted by molar-refractivity contribution is -0.114. The lowest BCUT2D eigenvalue weighted by atomic mass is 10.2. The summed E-state index contributed by atoms with van der Waals surface area (Å²) in [5.74, 6) is -0.464. The molecular weight excluding hydrogens is 328 g/mol. The average molecular weight is 352 g/mol. The van der Waals surface area contributed by atoms with E-state index in [9.17, 15) is 9.59 Å². The fourth-order valence-electron chi connectivity index (χ4n) is 2.50. The highest BCUT2D eigenvalue weighted by Gasteiger charge is 2.04. The minimum atomic E-state index is -0.310. The summed E-state index contributed by atoms with van der Waals surface area (Å²) < 4.78 is 0. The summed E-state index contributed by atoms with van der Waals surface area (Å²) in [5, 5.41) is 6.65. The zero-order valence-electron chi connectivity index (χ0n) is 15.3. The quantitative estimate of drug-likeness (QED) is 0.593. The Labute approximate surface area is 153 Å². The minimum Gasteiger partial charge on any atom is -0.372 e. The second-order valence-corrected chi connectivity index (χ2v) is 5.72. The first-order valence-corrected chi connectivity index (χ1v) is 8.59. The number of hydrazone groups is 1. The van der Waals surface area contributed by atoms with E-state index in [0.717, 1.165) is 24.3 Å². The van der Waals surface area contributed by atoms with Gasteiger partial charge in [-0.2, -0.15) is 5.10 Å². The molecule has 0 aliphatic heterocycles. The Morgan fingerprint density at radius 1 is 1.00 bits per heavy atom. The highest BCUT2D eigenvalue weighted by Crippen LogP contribution is 2.14. The normalized spacial score (nSPS) is 10.6. The Balaban J connectivity index is 1.93. The van der Waals surface area contributed by atoms with Gasteiger partial charge in [-0.15, -0.1) is 0 Å². The van der Waals surface area contributed by atoms with Gasteiger partial charge in [0.1, 0.15) is 0 Å². The number of benzene rings is 2. The standard InChI is InChI=1S/C20H24N4O2/c1-4-24(5-2)19-12-6-16(7-13-19)14-21-23-20(26)17-8-10-18(11-9-17)22-15(3)25/h6-14H,4-5H2,1-3H3,(H,22,25)(H,23,26). The first kappa shape index (κ1) is 19.2. The third-order valence-corrected chi connectivity index (χ3v) is 3.87. The summed E-state index contributed by atoms with van der Waals surface area (Å²) >= 11 is 0. The topological polar surface area (TPSA) is 73.8 Å². The number of carbonyl (C=O) groups is 2. The van der Waals surface area contributed by atoms with Crippen molar-refractivity contribution in [3.05, 3.63) is 59.7 Å². The molecule has 0 saturated carbocycles. The van der Waals surface area contributed by atoms with Crippen molar-refractivity contribution in [2.75, 3.05) is 23.3 Å². The Bertz CT molecular complexity index is 763. The monoisotopic (exact) mass is 352 g/mol. The van der Waals surface area contributed by atoms with Gasteiger partial charge in [0, 0.05) is 37.0 Å². The van der Waals surface area contributed by atoms with Crippen molar-refractivity contribution in [3.63, 3.8) is 0 Å². The average Bonchev–Trinajstić information content (AvgIpc) is 2.64. The fourth-order valence-corrected chi connectivity index (χ4v) is 2.50. The predicted octanol–water partition coefficient (Wildman–Crippen LogP) is 3.26. The van der Waals surface area contributed by atoms with Gasteiger partial charge in [0.2, 0.25) is 5.91 Å². The van der Waals surface area contributed by atoms with Crippen LogP contribution in [0, 0.1) is 0 Å². The molecule has 0 aliphatic carbocycles. The number of hydrogen-bond donors (Lipinski definition) is 2. The van der Waals surface area contributed by atoms with Crippen LogP contribution in [0.3, 0.4) is 0 Å². The summed E-state index contributed by atoms with van der Waals surface area (Å²) in [5.41, 5.74) is 5.68. The number of anilines is 2. The van der Waals surface area contributed by atoms with Gasteiger partial charge in [-0.1, -0.05) is 12.1 Å². The lowest BCUT2D eigenvalue weighted by Crippen LogP contribution is -2.21. The van der Waals surface area contributed by atoms with Gasteiger partial charge in [0.15, 0.2) is 0 Å². The highest BCUT2D eigenvalue weighted by molar-refractivity contribution is 5.96. The van der Waals surface area contributed by atoms with E-state index in [2.05, 4.69) is 34.6 Å². The van der Waals surface area contributed by atoms with Crippen molar-refractivity contribution < 1.29 is 9.59 Å². The molecule has 2 amide bonds. The molecule has 0 atom stereocenters. The van der Waals surface area contributed by atoms with E-state index in [1.807, 2.05) is 24.3 Å². The van der Waals surface area contributed by atoms with E-state index in [1.165, 1.54) is 6.92 Å². The third kappa shape index (κ3) is 5.44. The van der Waals surface area contributed by atoms with E-state index in [-0.39, 0.29) is 11.8 Å². The summed E-state index contributed by atoms with van der Waals surface area (Å²) in [6, 6.07) is 14.6. The second kappa shape index (κ2) is 9.36. The molecule has 136 valence electrons. The molecule has 0 bridgehead atoms. The Kier molecular flexibility index (Phi) is 6.91. The number of amides is 2. The number of carbonyl (C=O) groups excluding carboxylic acids is 2. The number of hydrogen-bond acceptors (Lipinski definition) is 4. The number of rotatable bonds is 7. The van der Waals surface area contributed by atoms with E-state index < -0.39 is 0 Å². The zero-order valence-corrected chi connectivity index (χ0v) is 15.3. The molecular formula is C20H24N4O2. The van der Waals surface area contributed by atoms with Crippen LogP contribution in [0.15, 0.2) is 53.6 Å². The van der Waals surface area contributed by atoms with Crippen molar-refractivity contribution in [2.45, 2.75) is 20.8 Å². The molecule has 0 aromatic heterocycles. The Morgan fingerprint density at radius 2 is 1.62 bits per heavy atom. The molecule has 0 aliphatic rings. The maximum atomic E-state index is 12.1. The van der Waals surface area contributed by atoms with Gasteiger partial charge < -0.3 is 10.2 Å². The fraction of sp³-hybridized carbons (Fsp3) is 0.250. The zero-order chi connectivity index (χ0) is 18.9.